The molecule has 3 heteroatoms. The maximum atomic E-state index is 13.2. The Bertz CT molecular complexity index is 566. The average Bonchev–Trinajstić information content (AvgIpc) is 2.38. The molecule has 100 valence electrons. The van der Waals surface area contributed by atoms with Crippen molar-refractivity contribution in [2.45, 2.75) is 19.3 Å². The second-order valence-electron chi connectivity index (χ2n) is 4.71. The van der Waals surface area contributed by atoms with Gasteiger partial charge in [-0.15, -0.1) is 0 Å². The van der Waals surface area contributed by atoms with Crippen LogP contribution in [-0.2, 0) is 6.42 Å². The van der Waals surface area contributed by atoms with E-state index in [0.29, 0.717) is 6.42 Å². The Morgan fingerprint density at radius 1 is 1.05 bits per heavy atom. The molecule has 1 N–H and O–H groups in total. The Hall–Kier alpha value is -1.74. The van der Waals surface area contributed by atoms with E-state index >= 15 is 0 Å². The maximum Gasteiger partial charge on any atom is 0.123 e. The van der Waals surface area contributed by atoms with Gasteiger partial charge in [0.25, 0.3) is 0 Å². The monoisotopic (exact) mass is 262 g/mol. The number of aryl methyl sites for hydroxylation is 1. The van der Waals surface area contributed by atoms with E-state index in [-0.39, 0.29) is 24.2 Å². The summed E-state index contributed by atoms with van der Waals surface area (Å²) in [6.45, 7) is 1.76. The Kier molecular flexibility index (Phi) is 4.27. The van der Waals surface area contributed by atoms with Crippen LogP contribution in [0.1, 0.15) is 22.6 Å². The van der Waals surface area contributed by atoms with E-state index in [1.807, 2.05) is 6.92 Å². The Morgan fingerprint density at radius 3 is 2.42 bits per heavy atom. The molecular formula is C16H16F2O. The summed E-state index contributed by atoms with van der Waals surface area (Å²) in [6.07, 6.45) is 0.562. The standard InChI is InChI=1S/C16H16F2O/c1-11-7-16(18)6-5-12(11)8-14(10-19)13-3-2-4-15(17)9-13/h2-7,9,14,19H,8,10H2,1H3. The smallest absolute Gasteiger partial charge is 0.123 e. The van der Waals surface area contributed by atoms with Crippen LogP contribution in [-0.4, -0.2) is 11.7 Å². The van der Waals surface area contributed by atoms with Crippen LogP contribution in [0.2, 0.25) is 0 Å². The van der Waals surface area contributed by atoms with Crippen molar-refractivity contribution in [3.05, 3.63) is 70.8 Å². The van der Waals surface area contributed by atoms with Gasteiger partial charge in [0.1, 0.15) is 11.6 Å². The van der Waals surface area contributed by atoms with Gasteiger partial charge in [0.05, 0.1) is 6.61 Å². The normalized spacial score (nSPS) is 12.4. The zero-order chi connectivity index (χ0) is 13.8. The van der Waals surface area contributed by atoms with E-state index in [1.165, 1.54) is 24.3 Å². The SMILES string of the molecule is Cc1cc(F)ccc1CC(CO)c1cccc(F)c1. The summed E-state index contributed by atoms with van der Waals surface area (Å²) in [6, 6.07) is 10.8. The first kappa shape index (κ1) is 13.7. The third-order valence-corrected chi connectivity index (χ3v) is 3.31. The number of hydrogen-bond donors (Lipinski definition) is 1. The largest absolute Gasteiger partial charge is 0.396 e. The zero-order valence-electron chi connectivity index (χ0n) is 10.7. The zero-order valence-corrected chi connectivity index (χ0v) is 10.7. The molecular weight excluding hydrogens is 246 g/mol. The summed E-state index contributed by atoms with van der Waals surface area (Å²) in [7, 11) is 0. The fourth-order valence-electron chi connectivity index (χ4n) is 2.20. The van der Waals surface area contributed by atoms with Crippen molar-refractivity contribution in [3.8, 4) is 0 Å². The van der Waals surface area contributed by atoms with Gasteiger partial charge in [-0.1, -0.05) is 18.2 Å². The molecule has 2 aromatic carbocycles. The molecule has 0 aliphatic rings. The lowest BCUT2D eigenvalue weighted by Gasteiger charge is -2.16. The molecule has 0 aromatic heterocycles. The summed E-state index contributed by atoms with van der Waals surface area (Å²) >= 11 is 0. The molecule has 1 atom stereocenters. The molecule has 0 aliphatic carbocycles. The lowest BCUT2D eigenvalue weighted by atomic mass is 9.91. The van der Waals surface area contributed by atoms with E-state index in [9.17, 15) is 13.9 Å². The van der Waals surface area contributed by atoms with Crippen molar-refractivity contribution in [1.29, 1.82) is 0 Å². The molecule has 2 aromatic rings. The molecule has 19 heavy (non-hydrogen) atoms. The quantitative estimate of drug-likeness (QED) is 0.892. The van der Waals surface area contributed by atoms with E-state index in [2.05, 4.69) is 0 Å². The van der Waals surface area contributed by atoms with E-state index in [1.54, 1.807) is 18.2 Å². The molecule has 0 fully saturated rings. The second-order valence-corrected chi connectivity index (χ2v) is 4.71. The minimum Gasteiger partial charge on any atom is -0.396 e. The Balaban J connectivity index is 2.24. The highest BCUT2D eigenvalue weighted by Gasteiger charge is 2.13. The Labute approximate surface area is 111 Å². The van der Waals surface area contributed by atoms with Crippen LogP contribution in [0.4, 0.5) is 8.78 Å². The molecule has 1 unspecified atom stereocenters. The first-order chi connectivity index (χ1) is 9.10. The van der Waals surface area contributed by atoms with Crippen LogP contribution in [0.3, 0.4) is 0 Å². The van der Waals surface area contributed by atoms with Crippen LogP contribution in [0.5, 0.6) is 0 Å². The number of aliphatic hydroxyl groups excluding tert-OH is 1. The van der Waals surface area contributed by atoms with Crippen molar-refractivity contribution < 1.29 is 13.9 Å². The molecule has 1 nitrogen and oxygen atoms in total. The number of benzene rings is 2. The van der Waals surface area contributed by atoms with Gasteiger partial charge >= 0.3 is 0 Å². The molecule has 0 radical (unpaired) electrons. The predicted octanol–water partition coefficient (Wildman–Crippen LogP) is 3.59. The molecule has 0 heterocycles. The first-order valence-electron chi connectivity index (χ1n) is 6.21. The minimum atomic E-state index is -0.313. The van der Waals surface area contributed by atoms with Crippen molar-refractivity contribution in [2.75, 3.05) is 6.61 Å². The summed E-state index contributed by atoms with van der Waals surface area (Å²) < 4.78 is 26.2. The fraction of sp³-hybridized carbons (Fsp3) is 0.250. The van der Waals surface area contributed by atoms with Gasteiger partial charge < -0.3 is 5.11 Å². The van der Waals surface area contributed by atoms with Crippen molar-refractivity contribution >= 4 is 0 Å². The van der Waals surface area contributed by atoms with Gasteiger partial charge in [0, 0.05) is 5.92 Å². The predicted molar refractivity (Wildman–Crippen MR) is 71.1 cm³/mol. The van der Waals surface area contributed by atoms with Crippen molar-refractivity contribution in [2.24, 2.45) is 0 Å². The van der Waals surface area contributed by atoms with Crippen LogP contribution in [0.25, 0.3) is 0 Å². The fourth-order valence-corrected chi connectivity index (χ4v) is 2.20. The van der Waals surface area contributed by atoms with Gasteiger partial charge in [-0.25, -0.2) is 8.78 Å². The highest BCUT2D eigenvalue weighted by molar-refractivity contribution is 5.30. The summed E-state index contributed by atoms with van der Waals surface area (Å²) in [5.74, 6) is -0.765. The van der Waals surface area contributed by atoms with E-state index < -0.39 is 0 Å². The minimum absolute atomic E-state index is 0.0692. The molecule has 2 rings (SSSR count). The molecule has 0 bridgehead atoms. The number of halogens is 2. The van der Waals surface area contributed by atoms with Gasteiger partial charge in [0.15, 0.2) is 0 Å². The lowest BCUT2D eigenvalue weighted by molar-refractivity contribution is 0.264. The van der Waals surface area contributed by atoms with Gasteiger partial charge in [-0.3, -0.25) is 0 Å². The highest BCUT2D eigenvalue weighted by Crippen LogP contribution is 2.23. The van der Waals surface area contributed by atoms with Crippen LogP contribution >= 0.6 is 0 Å². The number of hydrogen-bond acceptors (Lipinski definition) is 1. The Morgan fingerprint density at radius 2 is 1.79 bits per heavy atom. The maximum absolute atomic E-state index is 13.2. The molecule has 0 aliphatic heterocycles. The average molecular weight is 262 g/mol. The lowest BCUT2D eigenvalue weighted by Crippen LogP contribution is -2.09. The molecule has 0 saturated heterocycles. The van der Waals surface area contributed by atoms with Gasteiger partial charge in [-0.2, -0.15) is 0 Å². The van der Waals surface area contributed by atoms with E-state index in [4.69, 9.17) is 0 Å². The summed E-state index contributed by atoms with van der Waals surface area (Å²) in [4.78, 5) is 0. The van der Waals surface area contributed by atoms with Gasteiger partial charge in [-0.05, 0) is 54.3 Å². The van der Waals surface area contributed by atoms with E-state index in [0.717, 1.165) is 16.7 Å². The third kappa shape index (κ3) is 3.38. The highest BCUT2D eigenvalue weighted by atomic mass is 19.1. The molecule has 0 amide bonds. The topological polar surface area (TPSA) is 20.2 Å². The van der Waals surface area contributed by atoms with Crippen LogP contribution in [0, 0.1) is 18.6 Å². The summed E-state index contributed by atoms with van der Waals surface area (Å²) in [5.41, 5.74) is 2.56. The first-order valence-corrected chi connectivity index (χ1v) is 6.21. The van der Waals surface area contributed by atoms with Gasteiger partial charge in [0.2, 0.25) is 0 Å². The summed E-state index contributed by atoms with van der Waals surface area (Å²) in [5, 5.41) is 9.48. The second kappa shape index (κ2) is 5.93. The third-order valence-electron chi connectivity index (χ3n) is 3.31. The number of aliphatic hydroxyl groups is 1. The van der Waals surface area contributed by atoms with Crippen LogP contribution in [0.15, 0.2) is 42.5 Å². The molecule has 0 spiro atoms. The number of rotatable bonds is 4. The van der Waals surface area contributed by atoms with Crippen molar-refractivity contribution in [3.63, 3.8) is 0 Å². The molecule has 0 saturated carbocycles. The van der Waals surface area contributed by atoms with Crippen molar-refractivity contribution in [1.82, 2.24) is 0 Å². The van der Waals surface area contributed by atoms with Crippen LogP contribution < -0.4 is 0 Å².